The van der Waals surface area contributed by atoms with E-state index in [2.05, 4.69) is 37.2 Å². The highest BCUT2D eigenvalue weighted by atomic mass is 16.2. The van der Waals surface area contributed by atoms with E-state index in [9.17, 15) is 9.59 Å². The number of rotatable bonds is 1. The molecule has 1 aliphatic heterocycles. The molecule has 9 heteroatoms. The molecule has 1 atom stereocenters. The summed E-state index contributed by atoms with van der Waals surface area (Å²) in [6, 6.07) is 16.5. The van der Waals surface area contributed by atoms with E-state index < -0.39 is 6.04 Å². The first-order valence-electron chi connectivity index (χ1n) is 11.2. The number of hydrogen-bond acceptors (Lipinski definition) is 7. The minimum Gasteiger partial charge on any atom is -0.350 e. The number of benzene rings is 2. The van der Waals surface area contributed by atoms with Gasteiger partial charge in [0.25, 0.3) is 0 Å². The van der Waals surface area contributed by atoms with Crippen LogP contribution in [0.5, 0.6) is 0 Å². The second-order valence-electron chi connectivity index (χ2n) is 8.36. The fourth-order valence-electron chi connectivity index (χ4n) is 3.79. The lowest BCUT2D eigenvalue weighted by molar-refractivity contribution is -0.129. The molecule has 1 aromatic heterocycles. The number of nitrogens with one attached hydrogen (secondary N) is 4. The van der Waals surface area contributed by atoms with Crippen LogP contribution >= 0.6 is 0 Å². The summed E-state index contributed by atoms with van der Waals surface area (Å²) in [7, 11) is 1.84. The Morgan fingerprint density at radius 1 is 0.971 bits per heavy atom. The summed E-state index contributed by atoms with van der Waals surface area (Å²) in [6.45, 7) is 0.950. The second-order valence-corrected chi connectivity index (χ2v) is 8.36. The van der Waals surface area contributed by atoms with Crippen molar-refractivity contribution < 1.29 is 9.59 Å². The maximum absolute atomic E-state index is 12.8. The molecule has 1 aliphatic rings. The van der Waals surface area contributed by atoms with E-state index in [4.69, 9.17) is 6.42 Å². The van der Waals surface area contributed by atoms with Gasteiger partial charge in [-0.25, -0.2) is 9.97 Å². The lowest BCUT2D eigenvalue weighted by Crippen LogP contribution is -2.48. The molecule has 178 valence electrons. The van der Waals surface area contributed by atoms with Crippen LogP contribution in [-0.2, 0) is 22.7 Å². The Bertz CT molecular complexity index is 1250. The fourth-order valence-corrected chi connectivity index (χ4v) is 3.79. The highest BCUT2D eigenvalue weighted by Gasteiger charge is 2.20. The first kappa shape index (κ1) is 23.7. The number of fused-ring (bicyclic) bond motifs is 6. The molecule has 1 unspecified atom stereocenters. The number of aromatic nitrogens is 2. The maximum atomic E-state index is 12.8. The molecule has 0 aliphatic carbocycles. The van der Waals surface area contributed by atoms with Crippen LogP contribution in [-0.4, -0.2) is 46.3 Å². The Morgan fingerprint density at radius 2 is 1.63 bits per heavy atom. The van der Waals surface area contributed by atoms with Crippen molar-refractivity contribution in [2.45, 2.75) is 25.6 Å². The van der Waals surface area contributed by atoms with E-state index in [-0.39, 0.29) is 31.3 Å². The van der Waals surface area contributed by atoms with E-state index in [1.165, 1.54) is 6.33 Å². The second kappa shape index (κ2) is 11.1. The molecule has 4 N–H and O–H groups in total. The van der Waals surface area contributed by atoms with Crippen molar-refractivity contribution in [3.05, 3.63) is 72.1 Å². The number of nitrogens with zero attached hydrogens (tertiary/aromatic N) is 3. The Morgan fingerprint density at radius 3 is 2.31 bits per heavy atom. The zero-order valence-corrected chi connectivity index (χ0v) is 19.4. The van der Waals surface area contributed by atoms with Gasteiger partial charge in [0.2, 0.25) is 11.8 Å². The van der Waals surface area contributed by atoms with Gasteiger partial charge in [0.05, 0.1) is 6.54 Å². The number of terminal acetylenes is 1. The van der Waals surface area contributed by atoms with E-state index in [1.54, 1.807) is 0 Å². The van der Waals surface area contributed by atoms with Crippen LogP contribution in [0, 0.1) is 12.3 Å². The molecule has 0 spiro atoms. The molecule has 0 saturated carbocycles. The molecule has 2 heterocycles. The number of carbonyl (C=O) groups is 2. The Balaban J connectivity index is 1.63. The van der Waals surface area contributed by atoms with Gasteiger partial charge >= 0.3 is 0 Å². The third kappa shape index (κ3) is 6.79. The normalized spacial score (nSPS) is 17.1. The highest BCUT2D eigenvalue weighted by Crippen LogP contribution is 2.21. The third-order valence-electron chi connectivity index (χ3n) is 5.37. The topological polar surface area (TPSA) is 111 Å². The van der Waals surface area contributed by atoms with Crippen LogP contribution < -0.4 is 21.3 Å². The molecule has 0 saturated heterocycles. The standard InChI is InChI=1S/C26H27N7O2/c1-3-6-22-26(35)27-14-18-7-4-9-20(11-18)30-23-13-24(29-17-28-23)31-21-10-5-8-19(12-21)15-33(2)16-25(34)32-22/h1,4-5,7-13,17,22H,6,14-16H2,2H3,(H,27,35)(H,32,34)(H2,28,29,30,31). The van der Waals surface area contributed by atoms with Gasteiger partial charge in [-0.1, -0.05) is 24.3 Å². The lowest BCUT2D eigenvalue weighted by Gasteiger charge is -2.20. The van der Waals surface area contributed by atoms with Gasteiger partial charge in [-0.15, -0.1) is 12.3 Å². The Kier molecular flexibility index (Phi) is 7.55. The summed E-state index contributed by atoms with van der Waals surface area (Å²) in [4.78, 5) is 35.9. The maximum Gasteiger partial charge on any atom is 0.243 e. The van der Waals surface area contributed by atoms with Crippen molar-refractivity contribution >= 4 is 34.8 Å². The van der Waals surface area contributed by atoms with Gasteiger partial charge in [0, 0.05) is 37.0 Å². The quantitative estimate of drug-likeness (QED) is 0.405. The van der Waals surface area contributed by atoms with Crippen molar-refractivity contribution in [3.8, 4) is 12.3 Å². The van der Waals surface area contributed by atoms with Crippen LogP contribution in [0.15, 0.2) is 60.9 Å². The van der Waals surface area contributed by atoms with E-state index in [0.717, 1.165) is 22.5 Å². The number of anilines is 4. The molecule has 4 rings (SSSR count). The van der Waals surface area contributed by atoms with Crippen LogP contribution in [0.2, 0.25) is 0 Å². The van der Waals surface area contributed by atoms with Crippen molar-refractivity contribution in [2.24, 2.45) is 0 Å². The molecule has 0 fully saturated rings. The predicted molar refractivity (Wildman–Crippen MR) is 135 cm³/mol. The Hall–Kier alpha value is -4.42. The zero-order chi connectivity index (χ0) is 24.6. The number of likely N-dealkylation sites (N-methyl/N-ethyl adjacent to an activating group) is 1. The van der Waals surface area contributed by atoms with Gasteiger partial charge in [0.15, 0.2) is 0 Å². The van der Waals surface area contributed by atoms with Gasteiger partial charge < -0.3 is 21.3 Å². The van der Waals surface area contributed by atoms with Crippen LogP contribution in [0.4, 0.5) is 23.0 Å². The summed E-state index contributed by atoms with van der Waals surface area (Å²) in [5, 5.41) is 12.2. The molecule has 2 aromatic carbocycles. The van der Waals surface area contributed by atoms with E-state index in [0.29, 0.717) is 18.2 Å². The van der Waals surface area contributed by atoms with Gasteiger partial charge in [-0.05, 0) is 42.4 Å². The molecule has 2 amide bonds. The first-order chi connectivity index (χ1) is 17.0. The summed E-state index contributed by atoms with van der Waals surface area (Å²) in [6.07, 6.45) is 7.04. The molecular formula is C26H27N7O2. The number of amides is 2. The molecule has 0 radical (unpaired) electrons. The van der Waals surface area contributed by atoms with Crippen LogP contribution in [0.3, 0.4) is 0 Å². The van der Waals surface area contributed by atoms with E-state index >= 15 is 0 Å². The van der Waals surface area contributed by atoms with E-state index in [1.807, 2.05) is 66.5 Å². The smallest absolute Gasteiger partial charge is 0.243 e. The van der Waals surface area contributed by atoms with Gasteiger partial charge in [-0.2, -0.15) is 0 Å². The van der Waals surface area contributed by atoms with Crippen molar-refractivity contribution in [2.75, 3.05) is 24.2 Å². The summed E-state index contributed by atoms with van der Waals surface area (Å²) < 4.78 is 0. The third-order valence-corrected chi connectivity index (χ3v) is 5.37. The average molecular weight is 470 g/mol. The van der Waals surface area contributed by atoms with Crippen molar-refractivity contribution in [3.63, 3.8) is 0 Å². The molecule has 6 bridgehead atoms. The minimum absolute atomic E-state index is 0.104. The summed E-state index contributed by atoms with van der Waals surface area (Å²) in [5.41, 5.74) is 3.58. The zero-order valence-electron chi connectivity index (χ0n) is 19.4. The highest BCUT2D eigenvalue weighted by molar-refractivity contribution is 5.88. The predicted octanol–water partition coefficient (Wildman–Crippen LogP) is 2.53. The van der Waals surface area contributed by atoms with Crippen LogP contribution in [0.1, 0.15) is 17.5 Å². The minimum atomic E-state index is -0.806. The van der Waals surface area contributed by atoms with Crippen LogP contribution in [0.25, 0.3) is 0 Å². The SMILES string of the molecule is C#CCC1NC(=O)CN(C)Cc2cccc(c2)Nc2cc(ncn2)Nc2cccc(c2)CNC1=O. The molecular weight excluding hydrogens is 442 g/mol. The average Bonchev–Trinajstić information content (AvgIpc) is 2.82. The Labute approximate surface area is 204 Å². The number of hydrogen-bond donors (Lipinski definition) is 4. The van der Waals surface area contributed by atoms with Gasteiger partial charge in [0.1, 0.15) is 24.0 Å². The fraction of sp³-hybridized carbons (Fsp3) is 0.231. The monoisotopic (exact) mass is 469 g/mol. The molecule has 35 heavy (non-hydrogen) atoms. The summed E-state index contributed by atoms with van der Waals surface area (Å²) in [5.74, 6) is 3.15. The molecule has 9 nitrogen and oxygen atoms in total. The summed E-state index contributed by atoms with van der Waals surface area (Å²) >= 11 is 0. The van der Waals surface area contributed by atoms with Crippen molar-refractivity contribution in [1.82, 2.24) is 25.5 Å². The molecule has 3 aromatic rings. The first-order valence-corrected chi connectivity index (χ1v) is 11.2. The number of carbonyl (C=O) groups excluding carboxylic acids is 2. The largest absolute Gasteiger partial charge is 0.350 e. The lowest BCUT2D eigenvalue weighted by atomic mass is 10.1. The van der Waals surface area contributed by atoms with Crippen molar-refractivity contribution in [1.29, 1.82) is 0 Å². The van der Waals surface area contributed by atoms with Gasteiger partial charge in [-0.3, -0.25) is 14.5 Å².